The number of hydrogen-bond donors (Lipinski definition) is 4. The molecule has 11 heteroatoms. The lowest BCUT2D eigenvalue weighted by molar-refractivity contribution is -0.136. The highest BCUT2D eigenvalue weighted by atomic mass is 35.5. The van der Waals surface area contributed by atoms with Crippen molar-refractivity contribution >= 4 is 52.8 Å². The van der Waals surface area contributed by atoms with Crippen LogP contribution in [0.1, 0.15) is 40.9 Å². The number of halogens is 3. The number of piperidine rings is 1. The van der Waals surface area contributed by atoms with Crippen molar-refractivity contribution in [2.24, 2.45) is 0 Å². The molecule has 0 bridgehead atoms. The number of aliphatic hydroxyl groups is 1. The van der Waals surface area contributed by atoms with Crippen molar-refractivity contribution in [2.45, 2.75) is 44.9 Å². The van der Waals surface area contributed by atoms with Gasteiger partial charge in [-0.25, -0.2) is 9.37 Å². The molecule has 0 radical (unpaired) electrons. The second-order valence-corrected chi connectivity index (χ2v) is 8.33. The maximum absolute atomic E-state index is 13.6. The molecule has 1 saturated heterocycles. The molecule has 0 aliphatic carbocycles. The molecule has 164 valence electrons. The Morgan fingerprint density at radius 3 is 2.77 bits per heavy atom. The van der Waals surface area contributed by atoms with Gasteiger partial charge < -0.3 is 21.1 Å². The average Bonchev–Trinajstić information content (AvgIpc) is 3.09. The Morgan fingerprint density at radius 2 is 2.17 bits per heavy atom. The zero-order valence-electron chi connectivity index (χ0n) is 16.2. The molecular weight excluding hydrogens is 454 g/mol. The second kappa shape index (κ2) is 11.0. The van der Waals surface area contributed by atoms with E-state index in [4.69, 9.17) is 11.6 Å². The van der Waals surface area contributed by atoms with Gasteiger partial charge in [0.25, 0.3) is 0 Å². The summed E-state index contributed by atoms with van der Waals surface area (Å²) in [4.78, 5) is 30.1. The number of carbonyl (C=O) groups is 2. The molecule has 1 fully saturated rings. The lowest BCUT2D eigenvalue weighted by Crippen LogP contribution is -2.48. The van der Waals surface area contributed by atoms with Gasteiger partial charge in [0.2, 0.25) is 0 Å². The first-order valence-electron chi connectivity index (χ1n) is 9.26. The Bertz CT molecular complexity index is 906. The fraction of sp³-hybridized carbons (Fsp3) is 0.421. The minimum atomic E-state index is -0.914. The van der Waals surface area contributed by atoms with Crippen LogP contribution in [-0.4, -0.2) is 34.5 Å². The summed E-state index contributed by atoms with van der Waals surface area (Å²) in [6, 6.07) is 3.17. The minimum Gasteiger partial charge on any atom is -0.391 e. The van der Waals surface area contributed by atoms with Crippen molar-refractivity contribution in [2.75, 3.05) is 11.9 Å². The Morgan fingerprint density at radius 1 is 1.40 bits per heavy atom. The Hall–Kier alpha value is -1.78. The number of anilines is 1. The van der Waals surface area contributed by atoms with Gasteiger partial charge in [-0.1, -0.05) is 18.0 Å². The first kappa shape index (κ1) is 24.5. The molecule has 0 saturated carbocycles. The smallest absolute Gasteiger partial charge is 0.313 e. The van der Waals surface area contributed by atoms with Gasteiger partial charge in [0.1, 0.15) is 10.8 Å². The Balaban J connectivity index is 0.00000320. The van der Waals surface area contributed by atoms with E-state index >= 15 is 0 Å². The number of thiazole rings is 1. The van der Waals surface area contributed by atoms with Crippen molar-refractivity contribution in [1.29, 1.82) is 0 Å². The van der Waals surface area contributed by atoms with Crippen molar-refractivity contribution in [3.05, 3.63) is 44.6 Å². The van der Waals surface area contributed by atoms with Crippen LogP contribution >= 0.6 is 35.3 Å². The van der Waals surface area contributed by atoms with Gasteiger partial charge in [0.15, 0.2) is 0 Å². The number of carbonyl (C=O) groups excluding carboxylic acids is 2. The van der Waals surface area contributed by atoms with Gasteiger partial charge in [-0.15, -0.1) is 23.7 Å². The van der Waals surface area contributed by atoms with E-state index in [1.54, 1.807) is 6.92 Å². The maximum atomic E-state index is 13.6. The number of aliphatic hydroxyl groups excluding tert-OH is 1. The third-order valence-electron chi connectivity index (χ3n) is 4.74. The van der Waals surface area contributed by atoms with Crippen LogP contribution in [0.2, 0.25) is 5.02 Å². The highest BCUT2D eigenvalue weighted by Gasteiger charge is 2.31. The molecule has 3 rings (SSSR count). The van der Waals surface area contributed by atoms with Crippen molar-refractivity contribution in [3.8, 4) is 0 Å². The van der Waals surface area contributed by atoms with Crippen molar-refractivity contribution in [1.82, 2.24) is 15.6 Å². The quantitative estimate of drug-likeness (QED) is 0.496. The minimum absolute atomic E-state index is 0. The topological polar surface area (TPSA) is 103 Å². The SMILES string of the molecule is Cc1nc(C(NC(=O)C(=O)Nc2ccc(Cl)c(F)c2)C2CCCCN2)sc1CO.Cl. The molecule has 30 heavy (non-hydrogen) atoms. The third-order valence-corrected chi connectivity index (χ3v) is 6.27. The third kappa shape index (κ3) is 5.89. The summed E-state index contributed by atoms with van der Waals surface area (Å²) in [5.41, 5.74) is 0.829. The van der Waals surface area contributed by atoms with Crippen LogP contribution in [0.5, 0.6) is 0 Å². The summed E-state index contributed by atoms with van der Waals surface area (Å²) < 4.78 is 13.6. The van der Waals surface area contributed by atoms with Crippen LogP contribution in [0.3, 0.4) is 0 Å². The molecule has 1 aromatic carbocycles. The predicted octanol–water partition coefficient (Wildman–Crippen LogP) is 3.10. The summed E-state index contributed by atoms with van der Waals surface area (Å²) >= 11 is 6.94. The summed E-state index contributed by atoms with van der Waals surface area (Å²) in [5.74, 6) is -2.46. The van der Waals surface area contributed by atoms with Crippen LogP contribution in [-0.2, 0) is 16.2 Å². The van der Waals surface area contributed by atoms with E-state index in [1.807, 2.05) is 0 Å². The van der Waals surface area contributed by atoms with E-state index in [1.165, 1.54) is 23.5 Å². The number of nitrogens with one attached hydrogen (secondary N) is 3. The Labute approximate surface area is 188 Å². The number of benzene rings is 1. The van der Waals surface area contributed by atoms with E-state index < -0.39 is 23.7 Å². The van der Waals surface area contributed by atoms with Crippen LogP contribution in [0.4, 0.5) is 10.1 Å². The maximum Gasteiger partial charge on any atom is 0.313 e. The predicted molar refractivity (Wildman–Crippen MR) is 117 cm³/mol. The standard InChI is InChI=1S/C19H22ClFN4O3S.ClH/c1-10-15(9-26)29-19(23-10)16(14-4-2-3-7-22-14)25-18(28)17(27)24-11-5-6-12(20)13(21)8-11;/h5-6,8,14,16,22,26H,2-4,7,9H2,1H3,(H,24,27)(H,25,28);1H. The molecule has 2 atom stereocenters. The molecule has 7 nitrogen and oxygen atoms in total. The van der Waals surface area contributed by atoms with Crippen molar-refractivity contribution < 1.29 is 19.1 Å². The number of amides is 2. The van der Waals surface area contributed by atoms with Crippen LogP contribution in [0, 0.1) is 12.7 Å². The molecule has 1 aromatic heterocycles. The van der Waals surface area contributed by atoms with E-state index in [0.717, 1.165) is 36.8 Å². The fourth-order valence-electron chi connectivity index (χ4n) is 3.20. The lowest BCUT2D eigenvalue weighted by atomic mass is 9.98. The largest absolute Gasteiger partial charge is 0.391 e. The second-order valence-electron chi connectivity index (χ2n) is 6.81. The monoisotopic (exact) mass is 476 g/mol. The number of aromatic nitrogens is 1. The van der Waals surface area contributed by atoms with E-state index in [2.05, 4.69) is 20.9 Å². The number of rotatable bonds is 5. The molecule has 2 unspecified atom stereocenters. The molecule has 2 amide bonds. The molecule has 0 spiro atoms. The van der Waals surface area contributed by atoms with Gasteiger partial charge in [0, 0.05) is 11.7 Å². The molecule has 1 aliphatic heterocycles. The van der Waals surface area contributed by atoms with E-state index in [9.17, 15) is 19.1 Å². The molecular formula is C19H23Cl2FN4O3S. The number of hydrogen-bond acceptors (Lipinski definition) is 6. The lowest BCUT2D eigenvalue weighted by Gasteiger charge is -2.30. The molecule has 4 N–H and O–H groups in total. The zero-order chi connectivity index (χ0) is 21.0. The normalized spacial score (nSPS) is 17.0. The highest BCUT2D eigenvalue weighted by Crippen LogP contribution is 2.29. The molecule has 2 aromatic rings. The summed E-state index contributed by atoms with van der Waals surface area (Å²) in [6.45, 7) is 2.47. The van der Waals surface area contributed by atoms with E-state index in [0.29, 0.717) is 10.7 Å². The van der Waals surface area contributed by atoms with Crippen molar-refractivity contribution in [3.63, 3.8) is 0 Å². The molecule has 1 aliphatic rings. The van der Waals surface area contributed by atoms with Gasteiger partial charge in [-0.2, -0.15) is 0 Å². The van der Waals surface area contributed by atoms with Crippen LogP contribution < -0.4 is 16.0 Å². The zero-order valence-corrected chi connectivity index (χ0v) is 18.6. The highest BCUT2D eigenvalue weighted by molar-refractivity contribution is 7.11. The van der Waals surface area contributed by atoms with Gasteiger partial charge >= 0.3 is 11.8 Å². The summed E-state index contributed by atoms with van der Waals surface area (Å²) in [7, 11) is 0. The summed E-state index contributed by atoms with van der Waals surface area (Å²) in [6.07, 6.45) is 2.86. The average molecular weight is 477 g/mol. The number of aryl methyl sites for hydroxylation is 1. The van der Waals surface area contributed by atoms with E-state index in [-0.39, 0.29) is 35.8 Å². The van der Waals surface area contributed by atoms with Crippen LogP contribution in [0.25, 0.3) is 0 Å². The summed E-state index contributed by atoms with van der Waals surface area (Å²) in [5, 5.41) is 18.5. The fourth-order valence-corrected chi connectivity index (χ4v) is 4.36. The molecule has 2 heterocycles. The van der Waals surface area contributed by atoms with Gasteiger partial charge in [0.05, 0.1) is 28.2 Å². The first-order valence-corrected chi connectivity index (χ1v) is 10.5. The first-order chi connectivity index (χ1) is 13.9. The Kier molecular flexibility index (Phi) is 8.99. The number of nitrogens with zero attached hydrogens (tertiary/aromatic N) is 1. The van der Waals surface area contributed by atoms with Gasteiger partial charge in [-0.05, 0) is 44.5 Å². The van der Waals surface area contributed by atoms with Crippen LogP contribution in [0.15, 0.2) is 18.2 Å². The van der Waals surface area contributed by atoms with Gasteiger partial charge in [-0.3, -0.25) is 9.59 Å².